The molecule has 1 aromatic rings. The zero-order chi connectivity index (χ0) is 6.69. The Kier molecular flexibility index (Phi) is 2.13. The second-order valence-corrected chi connectivity index (χ2v) is 2.44. The van der Waals surface area contributed by atoms with Gasteiger partial charge in [0.1, 0.15) is 5.82 Å². The van der Waals surface area contributed by atoms with E-state index >= 15 is 0 Å². The molecular formula is C5H6BrN3. The minimum atomic E-state index is 0.396. The van der Waals surface area contributed by atoms with E-state index in [2.05, 4.69) is 25.9 Å². The van der Waals surface area contributed by atoms with E-state index in [-0.39, 0.29) is 0 Å². The molecule has 48 valence electrons. The van der Waals surface area contributed by atoms with Gasteiger partial charge in [-0.3, -0.25) is 0 Å². The van der Waals surface area contributed by atoms with Crippen LogP contribution in [0, 0.1) is 0 Å². The summed E-state index contributed by atoms with van der Waals surface area (Å²) >= 11 is 3.21. The molecule has 0 aromatic carbocycles. The van der Waals surface area contributed by atoms with Crippen LogP contribution in [0.4, 0.5) is 0 Å². The number of hydrogen-bond donors (Lipinski definition) is 1. The molecule has 0 aliphatic carbocycles. The highest BCUT2D eigenvalue weighted by molar-refractivity contribution is 9.10. The molecule has 0 spiro atoms. The Morgan fingerprint density at radius 2 is 2.00 bits per heavy atom. The minimum absolute atomic E-state index is 0.396. The molecule has 0 aliphatic heterocycles. The van der Waals surface area contributed by atoms with Gasteiger partial charge in [-0.2, -0.15) is 0 Å². The average molecular weight is 188 g/mol. The number of nitrogens with zero attached hydrogens (tertiary/aromatic N) is 2. The lowest BCUT2D eigenvalue weighted by Crippen LogP contribution is -2.01. The summed E-state index contributed by atoms with van der Waals surface area (Å²) in [5, 5.41) is 0. The van der Waals surface area contributed by atoms with E-state index in [0.717, 1.165) is 4.47 Å². The summed E-state index contributed by atoms with van der Waals surface area (Å²) in [6.45, 7) is 0.396. The van der Waals surface area contributed by atoms with E-state index < -0.39 is 0 Å². The van der Waals surface area contributed by atoms with Gasteiger partial charge in [-0.15, -0.1) is 0 Å². The van der Waals surface area contributed by atoms with E-state index in [0.29, 0.717) is 12.4 Å². The molecule has 0 amide bonds. The lowest BCUT2D eigenvalue weighted by Gasteiger charge is -1.91. The van der Waals surface area contributed by atoms with E-state index in [4.69, 9.17) is 5.73 Å². The second kappa shape index (κ2) is 2.89. The number of hydrogen-bond acceptors (Lipinski definition) is 3. The first-order chi connectivity index (χ1) is 4.33. The fraction of sp³-hybridized carbons (Fsp3) is 0.200. The van der Waals surface area contributed by atoms with Crippen LogP contribution in [0.25, 0.3) is 0 Å². The molecule has 0 bridgehead atoms. The van der Waals surface area contributed by atoms with Gasteiger partial charge in [0.2, 0.25) is 0 Å². The molecule has 1 aromatic heterocycles. The Balaban J connectivity index is 2.88. The van der Waals surface area contributed by atoms with Crippen LogP contribution in [0.1, 0.15) is 5.82 Å². The van der Waals surface area contributed by atoms with Crippen LogP contribution in [0.15, 0.2) is 16.9 Å². The van der Waals surface area contributed by atoms with Crippen LogP contribution in [-0.4, -0.2) is 9.97 Å². The van der Waals surface area contributed by atoms with Crippen molar-refractivity contribution in [2.75, 3.05) is 0 Å². The van der Waals surface area contributed by atoms with Crippen molar-refractivity contribution in [3.8, 4) is 0 Å². The highest BCUT2D eigenvalue weighted by Gasteiger charge is 1.89. The van der Waals surface area contributed by atoms with Crippen molar-refractivity contribution < 1.29 is 0 Å². The van der Waals surface area contributed by atoms with Gasteiger partial charge in [0.25, 0.3) is 0 Å². The first-order valence-corrected chi connectivity index (χ1v) is 3.28. The molecule has 0 saturated heterocycles. The molecule has 9 heavy (non-hydrogen) atoms. The number of nitrogens with two attached hydrogens (primary N) is 1. The third kappa shape index (κ3) is 1.73. The number of rotatable bonds is 1. The zero-order valence-corrected chi connectivity index (χ0v) is 6.30. The minimum Gasteiger partial charge on any atom is -0.324 e. The third-order valence-corrected chi connectivity index (χ3v) is 1.27. The molecule has 0 fully saturated rings. The van der Waals surface area contributed by atoms with Crippen LogP contribution in [0.3, 0.4) is 0 Å². The Labute approximate surface area is 61.4 Å². The summed E-state index contributed by atoms with van der Waals surface area (Å²) < 4.78 is 0.875. The first-order valence-electron chi connectivity index (χ1n) is 2.49. The predicted octanol–water partition coefficient (Wildman–Crippen LogP) is 0.698. The molecule has 2 N–H and O–H groups in total. The molecular weight excluding hydrogens is 182 g/mol. The fourth-order valence-electron chi connectivity index (χ4n) is 0.444. The maximum absolute atomic E-state index is 5.26. The van der Waals surface area contributed by atoms with Gasteiger partial charge >= 0.3 is 0 Å². The number of halogens is 1. The summed E-state index contributed by atoms with van der Waals surface area (Å²) in [6.07, 6.45) is 3.35. The van der Waals surface area contributed by atoms with Crippen molar-refractivity contribution in [2.45, 2.75) is 6.54 Å². The van der Waals surface area contributed by atoms with Crippen LogP contribution in [0.2, 0.25) is 0 Å². The van der Waals surface area contributed by atoms with Crippen molar-refractivity contribution in [1.29, 1.82) is 0 Å². The van der Waals surface area contributed by atoms with E-state index in [1.54, 1.807) is 12.4 Å². The first kappa shape index (κ1) is 6.64. The maximum Gasteiger partial charge on any atom is 0.141 e. The van der Waals surface area contributed by atoms with Gasteiger partial charge in [-0.25, -0.2) is 9.97 Å². The normalized spacial score (nSPS) is 9.56. The molecule has 4 heteroatoms. The van der Waals surface area contributed by atoms with Gasteiger partial charge in [0.05, 0.1) is 11.0 Å². The quantitative estimate of drug-likeness (QED) is 0.705. The monoisotopic (exact) mass is 187 g/mol. The van der Waals surface area contributed by atoms with Gasteiger partial charge in [0, 0.05) is 12.4 Å². The molecule has 0 radical (unpaired) electrons. The summed E-state index contributed by atoms with van der Waals surface area (Å²) in [5.41, 5.74) is 5.26. The lowest BCUT2D eigenvalue weighted by atomic mass is 10.6. The summed E-state index contributed by atoms with van der Waals surface area (Å²) in [4.78, 5) is 7.83. The van der Waals surface area contributed by atoms with Gasteiger partial charge in [-0.05, 0) is 15.9 Å². The molecule has 1 rings (SSSR count). The van der Waals surface area contributed by atoms with Gasteiger partial charge < -0.3 is 5.73 Å². The molecule has 0 saturated carbocycles. The Hall–Kier alpha value is -0.480. The largest absolute Gasteiger partial charge is 0.324 e. The highest BCUT2D eigenvalue weighted by atomic mass is 79.9. The lowest BCUT2D eigenvalue weighted by molar-refractivity contribution is 0.904. The second-order valence-electron chi connectivity index (χ2n) is 1.52. The standard InChI is InChI=1S/C5H6BrN3/c6-4-2-8-5(1-7)9-3-4/h2-3H,1,7H2. The number of aromatic nitrogens is 2. The van der Waals surface area contributed by atoms with Crippen LogP contribution < -0.4 is 5.73 Å². The zero-order valence-electron chi connectivity index (χ0n) is 4.71. The molecule has 1 heterocycles. The highest BCUT2D eigenvalue weighted by Crippen LogP contribution is 2.03. The molecule has 0 unspecified atom stereocenters. The summed E-state index contributed by atoms with van der Waals surface area (Å²) in [6, 6.07) is 0. The van der Waals surface area contributed by atoms with E-state index in [1.165, 1.54) is 0 Å². The Bertz CT molecular complexity index is 184. The van der Waals surface area contributed by atoms with Crippen molar-refractivity contribution in [3.63, 3.8) is 0 Å². The van der Waals surface area contributed by atoms with E-state index in [9.17, 15) is 0 Å². The SMILES string of the molecule is NCc1ncc(Br)cn1. The smallest absolute Gasteiger partial charge is 0.141 e. The molecule has 0 atom stereocenters. The van der Waals surface area contributed by atoms with Crippen molar-refractivity contribution in [2.24, 2.45) is 5.73 Å². The van der Waals surface area contributed by atoms with Crippen LogP contribution >= 0.6 is 15.9 Å². The molecule has 0 aliphatic rings. The fourth-order valence-corrected chi connectivity index (χ4v) is 0.649. The van der Waals surface area contributed by atoms with Crippen molar-refractivity contribution in [3.05, 3.63) is 22.7 Å². The third-order valence-electron chi connectivity index (χ3n) is 0.856. The van der Waals surface area contributed by atoms with E-state index in [1.807, 2.05) is 0 Å². The van der Waals surface area contributed by atoms with Crippen molar-refractivity contribution >= 4 is 15.9 Å². The summed E-state index contributed by atoms with van der Waals surface area (Å²) in [7, 11) is 0. The van der Waals surface area contributed by atoms with Crippen LogP contribution in [0.5, 0.6) is 0 Å². The Morgan fingerprint density at radius 1 is 1.44 bits per heavy atom. The van der Waals surface area contributed by atoms with Crippen LogP contribution in [-0.2, 0) is 6.54 Å². The summed E-state index contributed by atoms with van der Waals surface area (Å²) in [5.74, 6) is 0.665. The van der Waals surface area contributed by atoms with Crippen molar-refractivity contribution in [1.82, 2.24) is 9.97 Å². The predicted molar refractivity (Wildman–Crippen MR) is 37.6 cm³/mol. The molecule has 3 nitrogen and oxygen atoms in total. The van der Waals surface area contributed by atoms with Gasteiger partial charge in [-0.1, -0.05) is 0 Å². The average Bonchev–Trinajstić information content (AvgIpc) is 1.90. The topological polar surface area (TPSA) is 51.8 Å². The maximum atomic E-state index is 5.26. The Morgan fingerprint density at radius 3 is 2.44 bits per heavy atom. The van der Waals surface area contributed by atoms with Gasteiger partial charge in [0.15, 0.2) is 0 Å².